The Bertz CT molecular complexity index is 299. The first-order valence-corrected chi connectivity index (χ1v) is 4.97. The highest BCUT2D eigenvalue weighted by Crippen LogP contribution is 1.91. The predicted molar refractivity (Wildman–Crippen MR) is 57.7 cm³/mol. The van der Waals surface area contributed by atoms with Crippen LogP contribution < -0.4 is 5.32 Å². The third kappa shape index (κ3) is 5.79. The number of amides is 2. The zero-order valence-electron chi connectivity index (χ0n) is 9.40. The van der Waals surface area contributed by atoms with Crippen LogP contribution in [0.15, 0.2) is 12.2 Å². The van der Waals surface area contributed by atoms with Crippen molar-refractivity contribution in [1.29, 1.82) is 0 Å². The molecule has 0 aromatic rings. The number of nitrogens with zero attached hydrogens (tertiary/aromatic N) is 1. The zero-order chi connectivity index (χ0) is 12.6. The Balaban J connectivity index is 4.32. The van der Waals surface area contributed by atoms with E-state index in [1.165, 1.54) is 4.90 Å². The van der Waals surface area contributed by atoms with Crippen molar-refractivity contribution in [3.63, 3.8) is 0 Å². The first kappa shape index (κ1) is 14.2. The monoisotopic (exact) mass is 228 g/mol. The van der Waals surface area contributed by atoms with Crippen molar-refractivity contribution in [2.24, 2.45) is 0 Å². The smallest absolute Gasteiger partial charge is 0.328 e. The van der Waals surface area contributed by atoms with Gasteiger partial charge in [-0.05, 0) is 13.8 Å². The number of carboxylic acids is 1. The Morgan fingerprint density at radius 2 is 1.88 bits per heavy atom. The fourth-order valence-corrected chi connectivity index (χ4v) is 1.02. The molecule has 0 saturated carbocycles. The molecule has 0 atom stereocenters. The molecule has 0 aliphatic heterocycles. The molecule has 0 aliphatic carbocycles. The summed E-state index contributed by atoms with van der Waals surface area (Å²) in [5.74, 6) is -1.94. The topological polar surface area (TPSA) is 86.7 Å². The van der Waals surface area contributed by atoms with E-state index in [9.17, 15) is 14.4 Å². The quantitative estimate of drug-likeness (QED) is 0.606. The van der Waals surface area contributed by atoms with Crippen molar-refractivity contribution in [2.45, 2.75) is 13.8 Å². The summed E-state index contributed by atoms with van der Waals surface area (Å²) in [6, 6.07) is 0. The standard InChI is InChI=1S/C10H16N2O4/c1-3-11-8(13)7-12(4-2)9(14)5-6-10(15)16/h5-6H,3-4,7H2,1-2H3,(H,11,13)(H,15,16)/b6-5+. The fourth-order valence-electron chi connectivity index (χ4n) is 1.02. The Morgan fingerprint density at radius 3 is 2.31 bits per heavy atom. The van der Waals surface area contributed by atoms with E-state index in [0.29, 0.717) is 13.1 Å². The van der Waals surface area contributed by atoms with Gasteiger partial charge in [-0.15, -0.1) is 0 Å². The third-order valence-electron chi connectivity index (χ3n) is 1.77. The number of aliphatic carboxylic acids is 1. The summed E-state index contributed by atoms with van der Waals surface area (Å²) in [5, 5.41) is 10.9. The maximum absolute atomic E-state index is 11.4. The van der Waals surface area contributed by atoms with Crippen LogP contribution in [0, 0.1) is 0 Å². The van der Waals surface area contributed by atoms with Crippen molar-refractivity contribution in [2.75, 3.05) is 19.6 Å². The lowest BCUT2D eigenvalue weighted by Gasteiger charge is -2.18. The lowest BCUT2D eigenvalue weighted by Crippen LogP contribution is -2.39. The van der Waals surface area contributed by atoms with Crippen molar-refractivity contribution >= 4 is 17.8 Å². The summed E-state index contributed by atoms with van der Waals surface area (Å²) in [6.07, 6.45) is 1.69. The normalized spacial score (nSPS) is 10.1. The molecular weight excluding hydrogens is 212 g/mol. The third-order valence-corrected chi connectivity index (χ3v) is 1.77. The minimum Gasteiger partial charge on any atom is -0.478 e. The number of carbonyl (C=O) groups is 3. The van der Waals surface area contributed by atoms with E-state index in [1.54, 1.807) is 13.8 Å². The summed E-state index contributed by atoms with van der Waals surface area (Å²) < 4.78 is 0. The Labute approximate surface area is 93.9 Å². The second-order valence-electron chi connectivity index (χ2n) is 2.98. The van der Waals surface area contributed by atoms with Gasteiger partial charge in [0.15, 0.2) is 0 Å². The minimum atomic E-state index is -1.19. The van der Waals surface area contributed by atoms with Gasteiger partial charge < -0.3 is 15.3 Å². The van der Waals surface area contributed by atoms with Crippen LogP contribution in [0.1, 0.15) is 13.8 Å². The first-order chi connectivity index (χ1) is 7.51. The molecule has 0 unspecified atom stereocenters. The molecular formula is C10H16N2O4. The highest BCUT2D eigenvalue weighted by Gasteiger charge is 2.12. The number of hydrogen-bond acceptors (Lipinski definition) is 3. The summed E-state index contributed by atoms with van der Waals surface area (Å²) in [4.78, 5) is 34.1. The molecule has 0 fully saturated rings. The van der Waals surface area contributed by atoms with E-state index in [1.807, 2.05) is 0 Å². The molecule has 0 aromatic heterocycles. The van der Waals surface area contributed by atoms with E-state index in [4.69, 9.17) is 5.11 Å². The number of carbonyl (C=O) groups excluding carboxylic acids is 2. The molecule has 6 nitrogen and oxygen atoms in total. The maximum Gasteiger partial charge on any atom is 0.328 e. The Morgan fingerprint density at radius 1 is 1.25 bits per heavy atom. The van der Waals surface area contributed by atoms with Crippen LogP contribution >= 0.6 is 0 Å². The van der Waals surface area contributed by atoms with Gasteiger partial charge in [0.25, 0.3) is 0 Å². The van der Waals surface area contributed by atoms with Crippen LogP contribution in [0.2, 0.25) is 0 Å². The molecule has 0 heterocycles. The van der Waals surface area contributed by atoms with Crippen molar-refractivity contribution in [1.82, 2.24) is 10.2 Å². The number of carboxylic acid groups (broad SMARTS) is 1. The number of hydrogen-bond donors (Lipinski definition) is 2. The average molecular weight is 228 g/mol. The van der Waals surface area contributed by atoms with E-state index >= 15 is 0 Å². The number of nitrogens with one attached hydrogen (secondary N) is 1. The molecule has 0 bridgehead atoms. The highest BCUT2D eigenvalue weighted by atomic mass is 16.4. The fraction of sp³-hybridized carbons (Fsp3) is 0.500. The maximum atomic E-state index is 11.4. The molecule has 0 spiro atoms. The molecule has 0 aliphatic rings. The molecule has 0 rings (SSSR count). The first-order valence-electron chi connectivity index (χ1n) is 4.97. The van der Waals surface area contributed by atoms with Gasteiger partial charge in [-0.1, -0.05) is 0 Å². The lowest BCUT2D eigenvalue weighted by molar-refractivity contribution is -0.133. The summed E-state index contributed by atoms with van der Waals surface area (Å²) >= 11 is 0. The zero-order valence-corrected chi connectivity index (χ0v) is 9.40. The molecule has 0 saturated heterocycles. The van der Waals surface area contributed by atoms with Crippen molar-refractivity contribution in [3.05, 3.63) is 12.2 Å². The molecule has 0 radical (unpaired) electrons. The summed E-state index contributed by atoms with van der Waals surface area (Å²) in [6.45, 7) is 4.27. The van der Waals surface area contributed by atoms with Crippen LogP contribution in [0.4, 0.5) is 0 Å². The summed E-state index contributed by atoms with van der Waals surface area (Å²) in [7, 11) is 0. The van der Waals surface area contributed by atoms with E-state index in [-0.39, 0.29) is 12.5 Å². The largest absolute Gasteiger partial charge is 0.478 e. The van der Waals surface area contributed by atoms with E-state index < -0.39 is 11.9 Å². The van der Waals surface area contributed by atoms with Crippen LogP contribution in [0.5, 0.6) is 0 Å². The number of likely N-dealkylation sites (N-methyl/N-ethyl adjacent to an activating group) is 2. The Hall–Kier alpha value is -1.85. The van der Waals surface area contributed by atoms with Gasteiger partial charge in [0.05, 0.1) is 6.54 Å². The molecule has 6 heteroatoms. The van der Waals surface area contributed by atoms with Gasteiger partial charge >= 0.3 is 5.97 Å². The highest BCUT2D eigenvalue weighted by molar-refractivity contribution is 5.95. The molecule has 2 amide bonds. The average Bonchev–Trinajstić information content (AvgIpc) is 2.22. The molecule has 90 valence electrons. The second kappa shape index (κ2) is 7.44. The van der Waals surface area contributed by atoms with Crippen LogP contribution in [0.3, 0.4) is 0 Å². The lowest BCUT2D eigenvalue weighted by atomic mass is 10.4. The van der Waals surface area contributed by atoms with E-state index in [2.05, 4.69) is 5.32 Å². The predicted octanol–water partition coefficient (Wildman–Crippen LogP) is -0.388. The SMILES string of the molecule is CCNC(=O)CN(CC)C(=O)/C=C/C(=O)O. The Kier molecular flexibility index (Phi) is 6.58. The minimum absolute atomic E-state index is 0.0624. The number of rotatable bonds is 6. The van der Waals surface area contributed by atoms with Gasteiger partial charge in [-0.3, -0.25) is 9.59 Å². The van der Waals surface area contributed by atoms with Crippen LogP contribution in [-0.2, 0) is 14.4 Å². The van der Waals surface area contributed by atoms with Crippen LogP contribution in [-0.4, -0.2) is 47.4 Å². The molecule has 2 N–H and O–H groups in total. The summed E-state index contributed by atoms with van der Waals surface area (Å²) in [5.41, 5.74) is 0. The van der Waals surface area contributed by atoms with Crippen LogP contribution in [0.25, 0.3) is 0 Å². The molecule has 0 aromatic carbocycles. The van der Waals surface area contributed by atoms with Crippen molar-refractivity contribution in [3.8, 4) is 0 Å². The van der Waals surface area contributed by atoms with Gasteiger partial charge in [-0.2, -0.15) is 0 Å². The van der Waals surface area contributed by atoms with Gasteiger partial charge in [0.2, 0.25) is 11.8 Å². The van der Waals surface area contributed by atoms with Gasteiger partial charge in [-0.25, -0.2) is 4.79 Å². The van der Waals surface area contributed by atoms with E-state index in [0.717, 1.165) is 12.2 Å². The van der Waals surface area contributed by atoms with Crippen molar-refractivity contribution < 1.29 is 19.5 Å². The second-order valence-corrected chi connectivity index (χ2v) is 2.98. The molecule has 16 heavy (non-hydrogen) atoms. The van der Waals surface area contributed by atoms with Gasteiger partial charge in [0, 0.05) is 25.2 Å². The van der Waals surface area contributed by atoms with Gasteiger partial charge in [0.1, 0.15) is 0 Å².